The highest BCUT2D eigenvalue weighted by atomic mass is 16.6. The van der Waals surface area contributed by atoms with Crippen molar-refractivity contribution in [2.24, 2.45) is 11.3 Å². The van der Waals surface area contributed by atoms with Gasteiger partial charge in [0.2, 0.25) is 0 Å². The third-order valence-electron chi connectivity index (χ3n) is 4.40. The van der Waals surface area contributed by atoms with Crippen molar-refractivity contribution >= 4 is 12.4 Å². The first-order valence-corrected chi connectivity index (χ1v) is 7.28. The molecule has 1 spiro atoms. The maximum atomic E-state index is 12.0. The second kappa shape index (κ2) is 5.14. The fraction of sp³-hybridized carbons (Fsp3) is 0.867. The SMILES string of the molecule is CC(C)(C)OC(=O)N1CCC2(CC1)CC2CCC=O. The molecule has 0 aromatic carbocycles. The summed E-state index contributed by atoms with van der Waals surface area (Å²) in [5, 5.41) is 0. The Morgan fingerprint density at radius 3 is 2.53 bits per heavy atom. The highest BCUT2D eigenvalue weighted by Crippen LogP contribution is 2.61. The van der Waals surface area contributed by atoms with Crippen LogP contribution in [0, 0.1) is 11.3 Å². The quantitative estimate of drug-likeness (QED) is 0.738. The summed E-state index contributed by atoms with van der Waals surface area (Å²) in [4.78, 5) is 24.2. The first kappa shape index (κ1) is 14.4. The van der Waals surface area contributed by atoms with Crippen LogP contribution < -0.4 is 0 Å². The molecule has 2 aliphatic rings. The molecule has 1 aliphatic heterocycles. The Kier molecular flexibility index (Phi) is 3.88. The summed E-state index contributed by atoms with van der Waals surface area (Å²) >= 11 is 0. The largest absolute Gasteiger partial charge is 0.444 e. The maximum Gasteiger partial charge on any atom is 0.410 e. The van der Waals surface area contributed by atoms with E-state index in [0.29, 0.717) is 17.8 Å². The number of hydrogen-bond acceptors (Lipinski definition) is 3. The normalized spacial score (nSPS) is 25.2. The fourth-order valence-corrected chi connectivity index (χ4v) is 3.18. The predicted octanol–water partition coefficient (Wildman–Crippen LogP) is 3.00. The van der Waals surface area contributed by atoms with Gasteiger partial charge in [-0.2, -0.15) is 0 Å². The van der Waals surface area contributed by atoms with Gasteiger partial charge in [0.15, 0.2) is 0 Å². The molecule has 4 heteroatoms. The Bertz CT molecular complexity index is 351. The molecule has 2 fully saturated rings. The molecule has 0 aromatic rings. The molecule has 1 saturated carbocycles. The first-order valence-electron chi connectivity index (χ1n) is 7.28. The Labute approximate surface area is 115 Å². The van der Waals surface area contributed by atoms with Gasteiger partial charge >= 0.3 is 6.09 Å². The van der Waals surface area contributed by atoms with Crippen molar-refractivity contribution in [3.8, 4) is 0 Å². The van der Waals surface area contributed by atoms with Gasteiger partial charge in [0.05, 0.1) is 0 Å². The molecule has 1 atom stereocenters. The molecule has 1 aliphatic carbocycles. The smallest absolute Gasteiger partial charge is 0.410 e. The summed E-state index contributed by atoms with van der Waals surface area (Å²) in [5.74, 6) is 0.707. The third kappa shape index (κ3) is 3.48. The van der Waals surface area contributed by atoms with Crippen molar-refractivity contribution in [3.05, 3.63) is 0 Å². The highest BCUT2D eigenvalue weighted by molar-refractivity contribution is 5.68. The molecule has 1 saturated heterocycles. The molecule has 0 bridgehead atoms. The van der Waals surface area contributed by atoms with Crippen molar-refractivity contribution in [2.45, 2.75) is 58.5 Å². The van der Waals surface area contributed by atoms with Crippen LogP contribution in [0.3, 0.4) is 0 Å². The van der Waals surface area contributed by atoms with Gasteiger partial charge in [0.1, 0.15) is 11.9 Å². The number of nitrogens with zero attached hydrogens (tertiary/aromatic N) is 1. The van der Waals surface area contributed by atoms with E-state index in [1.54, 1.807) is 0 Å². The van der Waals surface area contributed by atoms with Crippen molar-refractivity contribution in [2.75, 3.05) is 13.1 Å². The van der Waals surface area contributed by atoms with E-state index >= 15 is 0 Å². The van der Waals surface area contributed by atoms with Gasteiger partial charge in [-0.15, -0.1) is 0 Å². The van der Waals surface area contributed by atoms with Crippen LogP contribution in [0.4, 0.5) is 4.79 Å². The minimum atomic E-state index is -0.418. The summed E-state index contributed by atoms with van der Waals surface area (Å²) in [5.41, 5.74) is 0.0137. The van der Waals surface area contributed by atoms with Crippen LogP contribution in [0.5, 0.6) is 0 Å². The van der Waals surface area contributed by atoms with Crippen LogP contribution in [0.1, 0.15) is 52.9 Å². The van der Waals surface area contributed by atoms with Crippen molar-refractivity contribution in [1.29, 1.82) is 0 Å². The fourth-order valence-electron chi connectivity index (χ4n) is 3.18. The second-order valence-corrected chi connectivity index (χ2v) is 6.97. The van der Waals surface area contributed by atoms with Gasteiger partial charge in [0.25, 0.3) is 0 Å². The minimum Gasteiger partial charge on any atom is -0.444 e. The monoisotopic (exact) mass is 267 g/mol. The molecule has 4 nitrogen and oxygen atoms in total. The van der Waals surface area contributed by atoms with E-state index in [-0.39, 0.29) is 6.09 Å². The first-order chi connectivity index (χ1) is 8.86. The summed E-state index contributed by atoms with van der Waals surface area (Å²) in [6, 6.07) is 0. The van der Waals surface area contributed by atoms with E-state index < -0.39 is 5.60 Å². The number of amides is 1. The molecule has 0 aromatic heterocycles. The van der Waals surface area contributed by atoms with Crippen LogP contribution in [0.25, 0.3) is 0 Å². The Morgan fingerprint density at radius 1 is 1.37 bits per heavy atom. The number of likely N-dealkylation sites (tertiary alicyclic amines) is 1. The van der Waals surface area contributed by atoms with E-state index in [1.165, 1.54) is 6.42 Å². The summed E-state index contributed by atoms with van der Waals surface area (Å²) in [6.07, 6.45) is 5.90. The number of aldehydes is 1. The lowest BCUT2D eigenvalue weighted by Gasteiger charge is -2.34. The average molecular weight is 267 g/mol. The van der Waals surface area contributed by atoms with E-state index in [4.69, 9.17) is 4.74 Å². The lowest BCUT2D eigenvalue weighted by molar-refractivity contribution is -0.108. The zero-order valence-corrected chi connectivity index (χ0v) is 12.3. The Hall–Kier alpha value is -1.06. The molecule has 0 N–H and O–H groups in total. The Morgan fingerprint density at radius 2 is 2.00 bits per heavy atom. The van der Waals surface area contributed by atoms with Crippen LogP contribution in [0.2, 0.25) is 0 Å². The molecule has 0 radical (unpaired) electrons. The highest BCUT2D eigenvalue weighted by Gasteiger charge is 2.54. The van der Waals surface area contributed by atoms with Crippen LogP contribution in [-0.4, -0.2) is 36.0 Å². The van der Waals surface area contributed by atoms with E-state index in [2.05, 4.69) is 0 Å². The lowest BCUT2D eigenvalue weighted by atomic mass is 9.90. The van der Waals surface area contributed by atoms with Crippen LogP contribution in [-0.2, 0) is 9.53 Å². The topological polar surface area (TPSA) is 46.6 Å². The number of carbonyl (C=O) groups is 2. The van der Waals surface area contributed by atoms with Gasteiger partial charge in [-0.3, -0.25) is 0 Å². The molecule has 19 heavy (non-hydrogen) atoms. The van der Waals surface area contributed by atoms with E-state index in [9.17, 15) is 9.59 Å². The maximum absolute atomic E-state index is 12.0. The summed E-state index contributed by atoms with van der Waals surface area (Å²) in [7, 11) is 0. The number of carbonyl (C=O) groups excluding carboxylic acids is 2. The van der Waals surface area contributed by atoms with E-state index in [0.717, 1.165) is 38.6 Å². The van der Waals surface area contributed by atoms with Gasteiger partial charge < -0.3 is 14.4 Å². The lowest BCUT2D eigenvalue weighted by Crippen LogP contribution is -2.42. The van der Waals surface area contributed by atoms with Crippen LogP contribution in [0.15, 0.2) is 0 Å². The standard InChI is InChI=1S/C15H25NO3/c1-14(2,3)19-13(18)16-8-6-15(7-9-16)11-12(15)5-4-10-17/h10,12H,4-9,11H2,1-3H3. The molecular formula is C15H25NO3. The molecule has 1 amide bonds. The number of piperidine rings is 1. The molecule has 1 unspecified atom stereocenters. The predicted molar refractivity (Wildman–Crippen MR) is 72.9 cm³/mol. The van der Waals surface area contributed by atoms with Crippen molar-refractivity contribution in [3.63, 3.8) is 0 Å². The second-order valence-electron chi connectivity index (χ2n) is 6.97. The molecular weight excluding hydrogens is 242 g/mol. The van der Waals surface area contributed by atoms with E-state index in [1.807, 2.05) is 25.7 Å². The number of rotatable bonds is 3. The van der Waals surface area contributed by atoms with Gasteiger partial charge in [-0.05, 0) is 57.8 Å². The number of hydrogen-bond donors (Lipinski definition) is 0. The van der Waals surface area contributed by atoms with Gasteiger partial charge in [0, 0.05) is 19.5 Å². The van der Waals surface area contributed by atoms with Gasteiger partial charge in [-0.25, -0.2) is 4.79 Å². The third-order valence-corrected chi connectivity index (χ3v) is 4.40. The summed E-state index contributed by atoms with van der Waals surface area (Å²) < 4.78 is 5.40. The van der Waals surface area contributed by atoms with Crippen molar-refractivity contribution in [1.82, 2.24) is 4.90 Å². The molecule has 1 heterocycles. The zero-order chi connectivity index (χ0) is 14.1. The number of ether oxygens (including phenoxy) is 1. The average Bonchev–Trinajstić information content (AvgIpc) is 2.98. The Balaban J connectivity index is 1.77. The van der Waals surface area contributed by atoms with Gasteiger partial charge in [-0.1, -0.05) is 0 Å². The minimum absolute atomic E-state index is 0.188. The molecule has 2 rings (SSSR count). The van der Waals surface area contributed by atoms with Crippen molar-refractivity contribution < 1.29 is 14.3 Å². The molecule has 108 valence electrons. The zero-order valence-electron chi connectivity index (χ0n) is 12.3. The summed E-state index contributed by atoms with van der Waals surface area (Å²) in [6.45, 7) is 7.28. The van der Waals surface area contributed by atoms with Crippen LogP contribution >= 0.6 is 0 Å².